The van der Waals surface area contributed by atoms with Crippen LogP contribution in [0.15, 0.2) is 42.5 Å². The van der Waals surface area contributed by atoms with E-state index in [0.29, 0.717) is 26.2 Å². The summed E-state index contributed by atoms with van der Waals surface area (Å²) >= 11 is 0. The third kappa shape index (κ3) is 4.41. The maximum atomic E-state index is 12.5. The van der Waals surface area contributed by atoms with Crippen LogP contribution in [0, 0.1) is 6.92 Å². The fourth-order valence-corrected chi connectivity index (χ4v) is 2.87. The first-order valence-corrected chi connectivity index (χ1v) is 8.56. The molecule has 140 valence electrons. The molecule has 2 aromatic rings. The van der Waals surface area contributed by atoms with Crippen LogP contribution in [0.4, 0.5) is 10.5 Å². The molecule has 1 saturated heterocycles. The number of pyridine rings is 1. The second-order valence-corrected chi connectivity index (χ2v) is 6.29. The lowest BCUT2D eigenvalue weighted by Gasteiger charge is -2.34. The van der Waals surface area contributed by atoms with Gasteiger partial charge in [0.05, 0.1) is 0 Å². The lowest BCUT2D eigenvalue weighted by atomic mass is 10.2. The Hall–Kier alpha value is -3.42. The average molecular weight is 368 g/mol. The summed E-state index contributed by atoms with van der Waals surface area (Å²) in [7, 11) is 0. The van der Waals surface area contributed by atoms with Crippen LogP contribution in [0.1, 0.15) is 26.5 Å². The summed E-state index contributed by atoms with van der Waals surface area (Å²) in [6.07, 6.45) is 0. The molecular weight excluding hydrogens is 348 g/mol. The van der Waals surface area contributed by atoms with Crippen LogP contribution < -0.4 is 5.32 Å². The minimum Gasteiger partial charge on any atom is -0.477 e. The molecule has 1 aromatic carbocycles. The molecule has 1 aliphatic heterocycles. The van der Waals surface area contributed by atoms with E-state index in [-0.39, 0.29) is 23.3 Å². The third-order valence-electron chi connectivity index (χ3n) is 4.31. The van der Waals surface area contributed by atoms with Crippen molar-refractivity contribution in [1.82, 2.24) is 14.8 Å². The zero-order chi connectivity index (χ0) is 19.4. The lowest BCUT2D eigenvalue weighted by Crippen LogP contribution is -2.51. The van der Waals surface area contributed by atoms with Crippen LogP contribution in [0.5, 0.6) is 0 Å². The molecule has 3 rings (SSSR count). The Morgan fingerprint density at radius 3 is 2.26 bits per heavy atom. The molecule has 0 saturated carbocycles. The highest BCUT2D eigenvalue weighted by Crippen LogP contribution is 2.13. The molecule has 27 heavy (non-hydrogen) atoms. The van der Waals surface area contributed by atoms with Crippen molar-refractivity contribution in [3.63, 3.8) is 0 Å². The third-order valence-corrected chi connectivity index (χ3v) is 4.31. The molecule has 3 amide bonds. The number of anilines is 1. The van der Waals surface area contributed by atoms with E-state index in [1.165, 1.54) is 18.2 Å². The number of nitrogens with one attached hydrogen (secondary N) is 1. The Bertz CT molecular complexity index is 876. The molecule has 2 heterocycles. The number of aromatic carboxylic acids is 1. The minimum atomic E-state index is -1.18. The van der Waals surface area contributed by atoms with Crippen LogP contribution in [0.2, 0.25) is 0 Å². The van der Waals surface area contributed by atoms with Gasteiger partial charge in [-0.05, 0) is 36.8 Å². The molecular formula is C19H20N4O4. The Morgan fingerprint density at radius 1 is 0.963 bits per heavy atom. The molecule has 2 N–H and O–H groups in total. The number of aromatic nitrogens is 1. The van der Waals surface area contributed by atoms with E-state index < -0.39 is 5.97 Å². The molecule has 8 heteroatoms. The van der Waals surface area contributed by atoms with Gasteiger partial charge in [-0.15, -0.1) is 0 Å². The van der Waals surface area contributed by atoms with Crippen molar-refractivity contribution in [2.45, 2.75) is 6.92 Å². The number of rotatable bonds is 3. The number of hydrogen-bond donors (Lipinski definition) is 2. The number of nitrogens with zero attached hydrogens (tertiary/aromatic N) is 3. The van der Waals surface area contributed by atoms with E-state index in [2.05, 4.69) is 10.3 Å². The zero-order valence-corrected chi connectivity index (χ0v) is 14.9. The summed E-state index contributed by atoms with van der Waals surface area (Å²) in [5, 5.41) is 11.9. The van der Waals surface area contributed by atoms with Gasteiger partial charge in [-0.25, -0.2) is 14.6 Å². The second-order valence-electron chi connectivity index (χ2n) is 6.29. The average Bonchev–Trinajstić information content (AvgIpc) is 2.67. The van der Waals surface area contributed by atoms with E-state index in [1.54, 1.807) is 9.80 Å². The van der Waals surface area contributed by atoms with Crippen molar-refractivity contribution in [2.24, 2.45) is 0 Å². The predicted molar refractivity (Wildman–Crippen MR) is 98.9 cm³/mol. The lowest BCUT2D eigenvalue weighted by molar-refractivity contribution is 0.0663. The van der Waals surface area contributed by atoms with E-state index in [1.807, 2.05) is 31.2 Å². The quantitative estimate of drug-likeness (QED) is 0.863. The highest BCUT2D eigenvalue weighted by molar-refractivity contribution is 5.94. The number of carboxylic acids is 1. The predicted octanol–water partition coefficient (Wildman–Crippen LogP) is 2.08. The summed E-state index contributed by atoms with van der Waals surface area (Å²) in [5.74, 6) is -1.51. The van der Waals surface area contributed by atoms with Crippen molar-refractivity contribution in [3.8, 4) is 0 Å². The van der Waals surface area contributed by atoms with Gasteiger partial charge in [0.25, 0.3) is 5.91 Å². The molecule has 1 fully saturated rings. The second kappa shape index (κ2) is 7.86. The van der Waals surface area contributed by atoms with Crippen molar-refractivity contribution in [2.75, 3.05) is 31.5 Å². The Morgan fingerprint density at radius 2 is 1.59 bits per heavy atom. The zero-order valence-electron chi connectivity index (χ0n) is 14.9. The number of carbonyl (C=O) groups is 3. The van der Waals surface area contributed by atoms with Crippen LogP contribution in [-0.4, -0.2) is 64.0 Å². The summed E-state index contributed by atoms with van der Waals surface area (Å²) in [4.78, 5) is 43.0. The molecule has 1 aromatic heterocycles. The maximum absolute atomic E-state index is 12.5. The number of carbonyl (C=O) groups excluding carboxylic acids is 2. The first-order valence-electron chi connectivity index (χ1n) is 8.56. The first-order chi connectivity index (χ1) is 12.9. The van der Waals surface area contributed by atoms with Crippen molar-refractivity contribution in [1.29, 1.82) is 0 Å². The number of aryl methyl sites for hydroxylation is 1. The van der Waals surface area contributed by atoms with E-state index in [4.69, 9.17) is 5.11 Å². The highest BCUT2D eigenvalue weighted by Gasteiger charge is 2.26. The van der Waals surface area contributed by atoms with Crippen LogP contribution >= 0.6 is 0 Å². The molecule has 8 nitrogen and oxygen atoms in total. The number of amides is 3. The van der Waals surface area contributed by atoms with Crippen LogP contribution in [0.3, 0.4) is 0 Å². The summed E-state index contributed by atoms with van der Waals surface area (Å²) in [6.45, 7) is 3.45. The largest absolute Gasteiger partial charge is 0.477 e. The molecule has 0 aliphatic carbocycles. The number of benzene rings is 1. The van der Waals surface area contributed by atoms with Gasteiger partial charge in [0.2, 0.25) is 0 Å². The number of piperazine rings is 1. The van der Waals surface area contributed by atoms with Gasteiger partial charge in [0, 0.05) is 31.9 Å². The van der Waals surface area contributed by atoms with Crippen LogP contribution in [-0.2, 0) is 0 Å². The van der Waals surface area contributed by atoms with Crippen molar-refractivity contribution in [3.05, 3.63) is 59.4 Å². The monoisotopic (exact) mass is 368 g/mol. The summed E-state index contributed by atoms with van der Waals surface area (Å²) in [5.41, 5.74) is 1.71. The van der Waals surface area contributed by atoms with Gasteiger partial charge in [-0.1, -0.05) is 18.2 Å². The fourth-order valence-electron chi connectivity index (χ4n) is 2.87. The van der Waals surface area contributed by atoms with Crippen molar-refractivity contribution < 1.29 is 19.5 Å². The van der Waals surface area contributed by atoms with E-state index in [9.17, 15) is 14.4 Å². The molecule has 0 spiro atoms. The first kappa shape index (κ1) is 18.4. The van der Waals surface area contributed by atoms with Gasteiger partial charge in [0.1, 0.15) is 11.4 Å². The molecule has 0 bridgehead atoms. The summed E-state index contributed by atoms with van der Waals surface area (Å²) < 4.78 is 0. The Labute approximate surface area is 156 Å². The molecule has 0 atom stereocenters. The minimum absolute atomic E-state index is 0.0903. The van der Waals surface area contributed by atoms with Crippen molar-refractivity contribution >= 4 is 23.6 Å². The normalized spacial score (nSPS) is 14.0. The topological polar surface area (TPSA) is 103 Å². The van der Waals surface area contributed by atoms with Gasteiger partial charge in [-0.3, -0.25) is 4.79 Å². The standard InChI is InChI=1S/C19H20N4O4/c1-13-4-2-5-14(12-13)20-19(27)23-10-8-22(9-11-23)17(24)15-6-3-7-16(21-15)18(25)26/h2-7,12H,8-11H2,1H3,(H,20,27)(H,25,26). The smallest absolute Gasteiger partial charge is 0.354 e. The number of carboxylic acid groups (broad SMARTS) is 1. The molecule has 0 unspecified atom stereocenters. The van der Waals surface area contributed by atoms with Gasteiger partial charge in [-0.2, -0.15) is 0 Å². The van der Waals surface area contributed by atoms with E-state index >= 15 is 0 Å². The fraction of sp³-hybridized carbons (Fsp3) is 0.263. The SMILES string of the molecule is Cc1cccc(NC(=O)N2CCN(C(=O)c3cccc(C(=O)O)n3)CC2)c1. The Kier molecular flexibility index (Phi) is 5.35. The van der Waals surface area contributed by atoms with Gasteiger partial charge >= 0.3 is 12.0 Å². The number of hydrogen-bond acceptors (Lipinski definition) is 4. The molecule has 0 radical (unpaired) electrons. The molecule has 1 aliphatic rings. The highest BCUT2D eigenvalue weighted by atomic mass is 16.4. The maximum Gasteiger partial charge on any atom is 0.354 e. The van der Waals surface area contributed by atoms with E-state index in [0.717, 1.165) is 11.3 Å². The Balaban J connectivity index is 1.58. The van der Waals surface area contributed by atoms with Gasteiger partial charge in [0.15, 0.2) is 0 Å². The number of urea groups is 1. The van der Waals surface area contributed by atoms with Gasteiger partial charge < -0.3 is 20.2 Å². The van der Waals surface area contributed by atoms with Crippen LogP contribution in [0.25, 0.3) is 0 Å². The summed E-state index contributed by atoms with van der Waals surface area (Å²) in [6, 6.07) is 11.7.